The lowest BCUT2D eigenvalue weighted by atomic mass is 10.1. The molecule has 0 radical (unpaired) electrons. The van der Waals surface area contributed by atoms with Crippen LogP contribution in [0.5, 0.6) is 0 Å². The molecule has 0 aliphatic carbocycles. The van der Waals surface area contributed by atoms with E-state index in [-0.39, 0.29) is 23.2 Å². The zero-order chi connectivity index (χ0) is 23.0. The molecule has 0 fully saturated rings. The van der Waals surface area contributed by atoms with Crippen LogP contribution in [0.4, 0.5) is 17.3 Å². The van der Waals surface area contributed by atoms with Gasteiger partial charge >= 0.3 is 6.01 Å². The Morgan fingerprint density at radius 3 is 2.66 bits per heavy atom. The van der Waals surface area contributed by atoms with Crippen molar-refractivity contribution in [3.8, 4) is 6.01 Å². The van der Waals surface area contributed by atoms with Crippen LogP contribution in [-0.4, -0.2) is 42.6 Å². The van der Waals surface area contributed by atoms with Crippen molar-refractivity contribution >= 4 is 28.9 Å². The molecule has 0 aromatic carbocycles. The molecule has 4 aromatic heterocycles. The van der Waals surface area contributed by atoms with Gasteiger partial charge in [0.2, 0.25) is 0 Å². The molecule has 0 spiro atoms. The minimum Gasteiger partial charge on any atom is -0.431 e. The third-order valence-electron chi connectivity index (χ3n) is 4.48. The lowest BCUT2D eigenvalue weighted by Gasteiger charge is -2.20. The number of aryl methyl sites for hydroxylation is 1. The second-order valence-electron chi connectivity index (χ2n) is 8.27. The minimum atomic E-state index is -0.416. The summed E-state index contributed by atoms with van der Waals surface area (Å²) in [5.41, 5.74) is 0.823. The second-order valence-corrected chi connectivity index (χ2v) is 8.27. The summed E-state index contributed by atoms with van der Waals surface area (Å²) in [7, 11) is 1.73. The molecule has 3 N–H and O–H groups in total. The summed E-state index contributed by atoms with van der Waals surface area (Å²) in [5.74, 6) is 0.665. The van der Waals surface area contributed by atoms with Crippen LogP contribution in [0.2, 0.25) is 0 Å². The van der Waals surface area contributed by atoms with Crippen LogP contribution in [0.25, 0.3) is 11.7 Å². The maximum atomic E-state index is 13.0. The van der Waals surface area contributed by atoms with Crippen molar-refractivity contribution < 1.29 is 9.21 Å². The topological polar surface area (TPSA) is 131 Å². The number of oxazole rings is 1. The fourth-order valence-corrected chi connectivity index (χ4v) is 3.10. The van der Waals surface area contributed by atoms with Crippen molar-refractivity contribution in [3.05, 3.63) is 58.5 Å². The predicted molar refractivity (Wildman–Crippen MR) is 120 cm³/mol. The van der Waals surface area contributed by atoms with E-state index in [1.807, 2.05) is 20.8 Å². The number of fused-ring (bicyclic) bond motifs is 1. The van der Waals surface area contributed by atoms with E-state index in [1.54, 1.807) is 38.4 Å². The summed E-state index contributed by atoms with van der Waals surface area (Å²) in [4.78, 5) is 34.4. The van der Waals surface area contributed by atoms with Gasteiger partial charge in [0.1, 0.15) is 29.1 Å². The van der Waals surface area contributed by atoms with E-state index in [4.69, 9.17) is 4.42 Å². The number of pyridine rings is 1. The van der Waals surface area contributed by atoms with E-state index in [0.29, 0.717) is 28.5 Å². The highest BCUT2D eigenvalue weighted by Crippen LogP contribution is 2.21. The van der Waals surface area contributed by atoms with E-state index >= 15 is 0 Å². The van der Waals surface area contributed by atoms with Crippen LogP contribution in [0.1, 0.15) is 36.8 Å². The monoisotopic (exact) mass is 436 g/mol. The SMILES string of the molecule is CNc1cc(Nc2cccn(-c3nc(C)co3)c2=O)nc2c(C(=O)NC(C)(C)C)cnn12. The zero-order valence-corrected chi connectivity index (χ0v) is 18.4. The van der Waals surface area contributed by atoms with Crippen molar-refractivity contribution in [2.75, 3.05) is 17.7 Å². The first-order valence-corrected chi connectivity index (χ1v) is 9.96. The molecule has 4 rings (SSSR count). The lowest BCUT2D eigenvalue weighted by molar-refractivity contribution is 0.0921. The van der Waals surface area contributed by atoms with E-state index < -0.39 is 5.54 Å². The third kappa shape index (κ3) is 4.04. The van der Waals surface area contributed by atoms with Crippen molar-refractivity contribution in [2.24, 2.45) is 0 Å². The van der Waals surface area contributed by atoms with Crippen LogP contribution in [0.15, 0.2) is 46.1 Å². The number of hydrogen-bond donors (Lipinski definition) is 3. The summed E-state index contributed by atoms with van der Waals surface area (Å²) < 4.78 is 8.17. The van der Waals surface area contributed by atoms with Gasteiger partial charge in [0, 0.05) is 24.8 Å². The predicted octanol–water partition coefficient (Wildman–Crippen LogP) is 2.49. The van der Waals surface area contributed by atoms with Gasteiger partial charge in [-0.2, -0.15) is 14.6 Å². The Bertz CT molecular complexity index is 1360. The third-order valence-corrected chi connectivity index (χ3v) is 4.48. The van der Waals surface area contributed by atoms with Gasteiger partial charge in [0.15, 0.2) is 5.65 Å². The Hall–Kier alpha value is -4.15. The van der Waals surface area contributed by atoms with Crippen LogP contribution >= 0.6 is 0 Å². The second kappa shape index (κ2) is 7.84. The normalized spacial score (nSPS) is 11.5. The van der Waals surface area contributed by atoms with Gasteiger partial charge in [0.25, 0.3) is 11.5 Å². The number of aromatic nitrogens is 5. The molecule has 0 atom stereocenters. The number of nitrogens with zero attached hydrogens (tertiary/aromatic N) is 5. The maximum absolute atomic E-state index is 13.0. The molecule has 1 amide bonds. The molecule has 0 saturated heterocycles. The number of carbonyl (C=O) groups excluding carboxylic acids is 1. The summed E-state index contributed by atoms with van der Waals surface area (Å²) in [6.45, 7) is 7.46. The van der Waals surface area contributed by atoms with E-state index in [1.165, 1.54) is 21.5 Å². The molecule has 166 valence electrons. The van der Waals surface area contributed by atoms with Gasteiger partial charge in [-0.05, 0) is 39.8 Å². The first-order chi connectivity index (χ1) is 15.2. The molecule has 32 heavy (non-hydrogen) atoms. The van der Waals surface area contributed by atoms with Gasteiger partial charge in [0.05, 0.1) is 11.9 Å². The summed E-state index contributed by atoms with van der Waals surface area (Å²) in [5, 5.41) is 13.3. The van der Waals surface area contributed by atoms with E-state index in [0.717, 1.165) is 0 Å². The quantitative estimate of drug-likeness (QED) is 0.435. The van der Waals surface area contributed by atoms with Gasteiger partial charge in [-0.15, -0.1) is 0 Å². The molecule has 0 bridgehead atoms. The molecule has 4 aromatic rings. The molecule has 0 saturated carbocycles. The molecule has 0 unspecified atom stereocenters. The minimum absolute atomic E-state index is 0.174. The summed E-state index contributed by atoms with van der Waals surface area (Å²) >= 11 is 0. The van der Waals surface area contributed by atoms with Crippen molar-refractivity contribution in [1.82, 2.24) is 29.5 Å². The molecular formula is C21H24N8O3. The summed E-state index contributed by atoms with van der Waals surface area (Å²) in [6, 6.07) is 5.19. The average Bonchev–Trinajstić information content (AvgIpc) is 3.34. The first kappa shape index (κ1) is 21.1. The Balaban J connectivity index is 1.75. The fraction of sp³-hybridized carbons (Fsp3) is 0.286. The van der Waals surface area contributed by atoms with Crippen molar-refractivity contribution in [2.45, 2.75) is 33.2 Å². The first-order valence-electron chi connectivity index (χ1n) is 9.96. The largest absolute Gasteiger partial charge is 0.431 e. The van der Waals surface area contributed by atoms with E-state index in [2.05, 4.69) is 31.0 Å². The van der Waals surface area contributed by atoms with Crippen LogP contribution in [0, 0.1) is 6.92 Å². The number of anilines is 3. The molecule has 0 aliphatic rings. The number of rotatable bonds is 5. The standard InChI is InChI=1S/C21H24N8O3/c1-12-11-32-20(24-12)28-8-6-7-14(19(28)31)25-15-9-16(22-5)29-17(26-15)13(10-23-29)18(30)27-21(2,3)4/h6-11,22H,1-5H3,(H,25,26)(H,27,30). The van der Waals surface area contributed by atoms with Gasteiger partial charge < -0.3 is 20.4 Å². The van der Waals surface area contributed by atoms with Gasteiger partial charge in [-0.25, -0.2) is 9.55 Å². The smallest absolute Gasteiger partial charge is 0.308 e. The van der Waals surface area contributed by atoms with Crippen LogP contribution in [-0.2, 0) is 0 Å². The molecule has 0 aliphatic heterocycles. The molecule has 11 heteroatoms. The lowest BCUT2D eigenvalue weighted by Crippen LogP contribution is -2.40. The highest BCUT2D eigenvalue weighted by Gasteiger charge is 2.21. The summed E-state index contributed by atoms with van der Waals surface area (Å²) in [6.07, 6.45) is 4.51. The van der Waals surface area contributed by atoms with Gasteiger partial charge in [-0.3, -0.25) is 9.59 Å². The number of nitrogens with one attached hydrogen (secondary N) is 3. The Labute approximate surface area is 183 Å². The van der Waals surface area contributed by atoms with E-state index in [9.17, 15) is 9.59 Å². The molecule has 11 nitrogen and oxygen atoms in total. The molecule has 4 heterocycles. The van der Waals surface area contributed by atoms with Crippen molar-refractivity contribution in [3.63, 3.8) is 0 Å². The number of carbonyl (C=O) groups is 1. The van der Waals surface area contributed by atoms with Crippen molar-refractivity contribution in [1.29, 1.82) is 0 Å². The fourth-order valence-electron chi connectivity index (χ4n) is 3.10. The average molecular weight is 436 g/mol. The Morgan fingerprint density at radius 2 is 2.00 bits per heavy atom. The van der Waals surface area contributed by atoms with Crippen LogP contribution < -0.4 is 21.5 Å². The Kier molecular flexibility index (Phi) is 5.17. The zero-order valence-electron chi connectivity index (χ0n) is 18.4. The number of amides is 1. The van der Waals surface area contributed by atoms with Gasteiger partial charge in [-0.1, -0.05) is 0 Å². The maximum Gasteiger partial charge on any atom is 0.308 e. The highest BCUT2D eigenvalue weighted by molar-refractivity contribution is 6.00. The Morgan fingerprint density at radius 1 is 1.22 bits per heavy atom. The highest BCUT2D eigenvalue weighted by atomic mass is 16.4. The van der Waals surface area contributed by atoms with Crippen LogP contribution in [0.3, 0.4) is 0 Å². The number of hydrogen-bond acceptors (Lipinski definition) is 8. The molecular weight excluding hydrogens is 412 g/mol.